The van der Waals surface area contributed by atoms with Crippen molar-refractivity contribution in [3.63, 3.8) is 0 Å². The summed E-state index contributed by atoms with van der Waals surface area (Å²) in [5.41, 5.74) is 2.01. The van der Waals surface area contributed by atoms with Gasteiger partial charge in [0.25, 0.3) is 0 Å². The second kappa shape index (κ2) is 7.14. The maximum atomic E-state index is 12.0. The molecule has 2 N–H and O–H groups in total. The monoisotopic (exact) mass is 301 g/mol. The lowest BCUT2D eigenvalue weighted by Crippen LogP contribution is -2.35. The van der Waals surface area contributed by atoms with Gasteiger partial charge in [-0.05, 0) is 56.3 Å². The predicted octanol–water partition coefficient (Wildman–Crippen LogP) is 3.38. The van der Waals surface area contributed by atoms with Crippen LogP contribution in [0.3, 0.4) is 0 Å². The van der Waals surface area contributed by atoms with Crippen molar-refractivity contribution in [3.05, 3.63) is 29.8 Å². The largest absolute Gasteiger partial charge is 0.338 e. The Hall–Kier alpha value is -1.55. The minimum Gasteiger partial charge on any atom is -0.338 e. The first kappa shape index (κ1) is 15.3. The molecule has 4 heteroatoms. The van der Waals surface area contributed by atoms with Crippen LogP contribution >= 0.6 is 0 Å². The van der Waals surface area contributed by atoms with Crippen molar-refractivity contribution >= 4 is 11.7 Å². The third-order valence-corrected chi connectivity index (χ3v) is 4.99. The normalized spacial score (nSPS) is 22.9. The van der Waals surface area contributed by atoms with Gasteiger partial charge in [0.05, 0.1) is 0 Å². The van der Waals surface area contributed by atoms with Crippen molar-refractivity contribution in [1.29, 1.82) is 0 Å². The molecule has 1 aromatic rings. The number of hydrogen-bond acceptors (Lipinski definition) is 2. The molecule has 1 aliphatic heterocycles. The van der Waals surface area contributed by atoms with Crippen LogP contribution in [0, 0.1) is 12.8 Å². The molecule has 4 nitrogen and oxygen atoms in total. The number of carbonyl (C=O) groups is 1. The van der Waals surface area contributed by atoms with Gasteiger partial charge in [0, 0.05) is 24.8 Å². The fraction of sp³-hybridized carbons (Fsp3) is 0.611. The van der Waals surface area contributed by atoms with Gasteiger partial charge in [-0.2, -0.15) is 0 Å². The van der Waals surface area contributed by atoms with Crippen molar-refractivity contribution in [3.8, 4) is 0 Å². The van der Waals surface area contributed by atoms with E-state index in [9.17, 15) is 4.79 Å². The van der Waals surface area contributed by atoms with Crippen LogP contribution in [0.15, 0.2) is 24.3 Å². The Balaban J connectivity index is 1.40. The van der Waals surface area contributed by atoms with E-state index in [-0.39, 0.29) is 6.03 Å². The summed E-state index contributed by atoms with van der Waals surface area (Å²) in [7, 11) is 0. The van der Waals surface area contributed by atoms with Crippen molar-refractivity contribution in [2.24, 2.45) is 5.92 Å². The maximum Gasteiger partial charge on any atom is 0.319 e. The molecular weight excluding hydrogens is 274 g/mol. The van der Waals surface area contributed by atoms with Gasteiger partial charge in [-0.15, -0.1) is 0 Å². The van der Waals surface area contributed by atoms with Gasteiger partial charge in [0.1, 0.15) is 0 Å². The van der Waals surface area contributed by atoms with Crippen molar-refractivity contribution in [1.82, 2.24) is 10.2 Å². The highest BCUT2D eigenvalue weighted by atomic mass is 16.2. The number of hydrogen-bond donors (Lipinski definition) is 2. The molecule has 1 atom stereocenters. The van der Waals surface area contributed by atoms with Crippen LogP contribution < -0.4 is 10.6 Å². The van der Waals surface area contributed by atoms with Gasteiger partial charge >= 0.3 is 6.03 Å². The summed E-state index contributed by atoms with van der Waals surface area (Å²) in [6.07, 6.45) is 6.73. The number of aryl methyl sites for hydroxylation is 1. The number of benzene rings is 1. The fourth-order valence-corrected chi connectivity index (χ4v) is 3.77. The molecule has 1 saturated carbocycles. The number of anilines is 1. The quantitative estimate of drug-likeness (QED) is 0.895. The Kier molecular flexibility index (Phi) is 4.98. The summed E-state index contributed by atoms with van der Waals surface area (Å²) in [4.78, 5) is 14.6. The van der Waals surface area contributed by atoms with Crippen molar-refractivity contribution in [2.75, 3.05) is 25.0 Å². The Bertz CT molecular complexity index is 511. The third-order valence-electron chi connectivity index (χ3n) is 4.99. The first-order valence-electron chi connectivity index (χ1n) is 8.56. The van der Waals surface area contributed by atoms with Crippen LogP contribution in [0.25, 0.3) is 0 Å². The number of nitrogens with one attached hydrogen (secondary N) is 2. The minimum absolute atomic E-state index is 0.0927. The Labute approximate surface area is 133 Å². The zero-order chi connectivity index (χ0) is 15.4. The van der Waals surface area contributed by atoms with E-state index in [0.717, 1.165) is 30.4 Å². The molecule has 0 radical (unpaired) electrons. The van der Waals surface area contributed by atoms with Crippen LogP contribution in [-0.4, -0.2) is 36.6 Å². The van der Waals surface area contributed by atoms with Crippen LogP contribution in [0.2, 0.25) is 0 Å². The summed E-state index contributed by atoms with van der Waals surface area (Å²) in [5.74, 6) is 0.601. The number of urea groups is 1. The lowest BCUT2D eigenvalue weighted by atomic mass is 10.1. The van der Waals surface area contributed by atoms with E-state index >= 15 is 0 Å². The molecule has 2 fully saturated rings. The SMILES string of the molecule is Cc1cccc(NC(=O)NCC2CCN(C3CCCC3)C2)c1. The first-order chi connectivity index (χ1) is 10.7. The number of rotatable bonds is 4. The van der Waals surface area contributed by atoms with Crippen LogP contribution in [0.4, 0.5) is 10.5 Å². The molecule has 22 heavy (non-hydrogen) atoms. The number of amides is 2. The summed E-state index contributed by atoms with van der Waals surface area (Å²) in [6, 6.07) is 8.61. The lowest BCUT2D eigenvalue weighted by molar-refractivity contribution is 0.234. The second-order valence-electron chi connectivity index (χ2n) is 6.79. The molecule has 2 amide bonds. The van der Waals surface area contributed by atoms with Gasteiger partial charge < -0.3 is 15.5 Å². The van der Waals surface area contributed by atoms with Gasteiger partial charge in [-0.1, -0.05) is 25.0 Å². The number of nitrogens with zero attached hydrogens (tertiary/aromatic N) is 1. The Morgan fingerprint density at radius 2 is 2.09 bits per heavy atom. The molecule has 1 aliphatic carbocycles. The maximum absolute atomic E-state index is 12.0. The molecule has 0 aromatic heterocycles. The molecule has 0 bridgehead atoms. The molecule has 0 spiro atoms. The number of likely N-dealkylation sites (tertiary alicyclic amines) is 1. The van der Waals surface area contributed by atoms with Gasteiger partial charge in [0.2, 0.25) is 0 Å². The molecule has 1 heterocycles. The molecular formula is C18H27N3O. The summed E-state index contributed by atoms with van der Waals surface area (Å²) in [6.45, 7) is 5.16. The van der Waals surface area contributed by atoms with E-state index < -0.39 is 0 Å². The van der Waals surface area contributed by atoms with Crippen LogP contribution in [0.5, 0.6) is 0 Å². The summed E-state index contributed by atoms with van der Waals surface area (Å²) >= 11 is 0. The highest BCUT2D eigenvalue weighted by molar-refractivity contribution is 5.89. The molecule has 1 aromatic carbocycles. The number of carbonyl (C=O) groups excluding carboxylic acids is 1. The van der Waals surface area contributed by atoms with Crippen molar-refractivity contribution < 1.29 is 4.79 Å². The second-order valence-corrected chi connectivity index (χ2v) is 6.79. The van der Waals surface area contributed by atoms with Crippen molar-refractivity contribution in [2.45, 2.75) is 45.1 Å². The van der Waals surface area contributed by atoms with Gasteiger partial charge in [-0.3, -0.25) is 0 Å². The highest BCUT2D eigenvalue weighted by Crippen LogP contribution is 2.28. The zero-order valence-corrected chi connectivity index (χ0v) is 13.5. The van der Waals surface area contributed by atoms with Crippen LogP contribution in [0.1, 0.15) is 37.7 Å². The molecule has 120 valence electrons. The van der Waals surface area contributed by atoms with Gasteiger partial charge in [-0.25, -0.2) is 4.79 Å². The average molecular weight is 301 g/mol. The molecule has 3 rings (SSSR count). The van der Waals surface area contributed by atoms with E-state index in [2.05, 4.69) is 15.5 Å². The topological polar surface area (TPSA) is 44.4 Å². The average Bonchev–Trinajstić information content (AvgIpc) is 3.16. The summed E-state index contributed by atoms with van der Waals surface area (Å²) in [5, 5.41) is 5.94. The predicted molar refractivity (Wildman–Crippen MR) is 90.1 cm³/mol. The molecule has 1 unspecified atom stereocenters. The molecule has 2 aliphatic rings. The lowest BCUT2D eigenvalue weighted by Gasteiger charge is -2.23. The standard InChI is InChI=1S/C18H27N3O/c1-14-5-4-6-16(11-14)20-18(22)19-12-15-9-10-21(13-15)17-7-2-3-8-17/h4-6,11,15,17H,2-3,7-10,12-13H2,1H3,(H2,19,20,22). The Morgan fingerprint density at radius 1 is 1.27 bits per heavy atom. The first-order valence-corrected chi connectivity index (χ1v) is 8.56. The van der Waals surface area contributed by atoms with E-state index in [1.54, 1.807) is 0 Å². The van der Waals surface area contributed by atoms with Crippen LogP contribution in [-0.2, 0) is 0 Å². The van der Waals surface area contributed by atoms with E-state index in [0.29, 0.717) is 5.92 Å². The highest BCUT2D eigenvalue weighted by Gasteiger charge is 2.29. The smallest absolute Gasteiger partial charge is 0.319 e. The third kappa shape index (κ3) is 4.01. The fourth-order valence-electron chi connectivity index (χ4n) is 3.77. The minimum atomic E-state index is -0.0927. The Morgan fingerprint density at radius 3 is 2.86 bits per heavy atom. The summed E-state index contributed by atoms with van der Waals surface area (Å²) < 4.78 is 0. The van der Waals surface area contributed by atoms with E-state index in [1.807, 2.05) is 31.2 Å². The zero-order valence-electron chi connectivity index (χ0n) is 13.5. The van der Waals surface area contributed by atoms with E-state index in [1.165, 1.54) is 38.6 Å². The molecule has 1 saturated heterocycles. The van der Waals surface area contributed by atoms with Gasteiger partial charge in [0.15, 0.2) is 0 Å². The van der Waals surface area contributed by atoms with E-state index in [4.69, 9.17) is 0 Å².